The van der Waals surface area contributed by atoms with Crippen molar-refractivity contribution in [1.29, 1.82) is 0 Å². The number of rotatable bonds is 7. The van der Waals surface area contributed by atoms with Gasteiger partial charge < -0.3 is 9.47 Å². The summed E-state index contributed by atoms with van der Waals surface area (Å²) in [5.41, 5.74) is -0.0503. The maximum Gasteiger partial charge on any atom is 0.314 e. The van der Waals surface area contributed by atoms with E-state index in [2.05, 4.69) is 9.80 Å². The predicted molar refractivity (Wildman–Crippen MR) is 90.8 cm³/mol. The van der Waals surface area contributed by atoms with Gasteiger partial charge in [0.25, 0.3) is 0 Å². The molecule has 2 aliphatic heterocycles. The van der Waals surface area contributed by atoms with E-state index >= 15 is 0 Å². The highest BCUT2D eigenvalue weighted by Gasteiger charge is 2.29. The van der Waals surface area contributed by atoms with Gasteiger partial charge in [0.2, 0.25) is 0 Å². The SMILES string of the molecule is COc1ccc(OCCN2CCC(N3CCCC3)C2)c([N+](=O)[O-])c1. The zero-order chi connectivity index (χ0) is 16.9. The second kappa shape index (κ2) is 7.81. The molecule has 3 rings (SSSR count). The first-order valence-electron chi connectivity index (χ1n) is 8.59. The van der Waals surface area contributed by atoms with Gasteiger partial charge in [0.15, 0.2) is 5.75 Å². The first-order chi connectivity index (χ1) is 11.7. The molecule has 0 N–H and O–H groups in total. The number of hydrogen-bond acceptors (Lipinski definition) is 6. The van der Waals surface area contributed by atoms with E-state index in [1.54, 1.807) is 12.1 Å². The van der Waals surface area contributed by atoms with Gasteiger partial charge in [-0.1, -0.05) is 0 Å². The van der Waals surface area contributed by atoms with E-state index in [0.717, 1.165) is 19.6 Å². The molecule has 2 fully saturated rings. The summed E-state index contributed by atoms with van der Waals surface area (Å²) in [6, 6.07) is 5.35. The van der Waals surface area contributed by atoms with Crippen LogP contribution in [-0.4, -0.2) is 67.2 Å². The van der Waals surface area contributed by atoms with Crippen LogP contribution in [0.5, 0.6) is 11.5 Å². The average molecular weight is 335 g/mol. The minimum atomic E-state index is -0.433. The first kappa shape index (κ1) is 17.0. The minimum absolute atomic E-state index is 0.0503. The summed E-state index contributed by atoms with van der Waals surface area (Å²) in [4.78, 5) is 15.7. The Kier molecular flexibility index (Phi) is 5.52. The summed E-state index contributed by atoms with van der Waals surface area (Å²) in [5.74, 6) is 0.762. The molecule has 2 aliphatic rings. The highest BCUT2D eigenvalue weighted by molar-refractivity contribution is 5.50. The van der Waals surface area contributed by atoms with Gasteiger partial charge in [-0.05, 0) is 51.0 Å². The summed E-state index contributed by atoms with van der Waals surface area (Å²) in [5, 5.41) is 11.2. The van der Waals surface area contributed by atoms with Gasteiger partial charge in [0, 0.05) is 19.1 Å². The smallest absolute Gasteiger partial charge is 0.314 e. The minimum Gasteiger partial charge on any atom is -0.496 e. The number of nitro benzene ring substituents is 1. The van der Waals surface area contributed by atoms with Crippen LogP contribution in [0.15, 0.2) is 18.2 Å². The average Bonchev–Trinajstić information content (AvgIpc) is 3.26. The Labute approximate surface area is 142 Å². The van der Waals surface area contributed by atoms with E-state index < -0.39 is 4.92 Å². The third-order valence-electron chi connectivity index (χ3n) is 4.93. The molecular formula is C17H25N3O4. The van der Waals surface area contributed by atoms with Crippen molar-refractivity contribution in [2.75, 3.05) is 46.4 Å². The van der Waals surface area contributed by atoms with Crippen LogP contribution in [-0.2, 0) is 0 Å². The lowest BCUT2D eigenvalue weighted by atomic mass is 10.2. The van der Waals surface area contributed by atoms with Gasteiger partial charge >= 0.3 is 5.69 Å². The number of benzene rings is 1. The van der Waals surface area contributed by atoms with Crippen LogP contribution in [0, 0.1) is 10.1 Å². The lowest BCUT2D eigenvalue weighted by molar-refractivity contribution is -0.385. The number of nitro groups is 1. The molecule has 0 radical (unpaired) electrons. The number of likely N-dealkylation sites (tertiary alicyclic amines) is 2. The molecule has 7 nitrogen and oxygen atoms in total. The van der Waals surface area contributed by atoms with Crippen LogP contribution in [0.4, 0.5) is 5.69 Å². The normalized spacial score (nSPS) is 22.0. The Bertz CT molecular complexity index is 575. The van der Waals surface area contributed by atoms with Crippen molar-refractivity contribution >= 4 is 5.69 Å². The second-order valence-electron chi connectivity index (χ2n) is 6.43. The molecule has 24 heavy (non-hydrogen) atoms. The van der Waals surface area contributed by atoms with E-state index in [4.69, 9.17) is 9.47 Å². The van der Waals surface area contributed by atoms with E-state index in [-0.39, 0.29) is 5.69 Å². The van der Waals surface area contributed by atoms with E-state index in [0.29, 0.717) is 24.1 Å². The Balaban J connectivity index is 1.49. The molecule has 0 amide bonds. The van der Waals surface area contributed by atoms with Gasteiger partial charge in [0.1, 0.15) is 12.4 Å². The monoisotopic (exact) mass is 335 g/mol. The fourth-order valence-electron chi connectivity index (χ4n) is 3.59. The van der Waals surface area contributed by atoms with Crippen LogP contribution in [0.25, 0.3) is 0 Å². The predicted octanol–water partition coefficient (Wildman–Crippen LogP) is 2.15. The fraction of sp³-hybridized carbons (Fsp3) is 0.647. The Morgan fingerprint density at radius 3 is 2.79 bits per heavy atom. The maximum atomic E-state index is 11.2. The summed E-state index contributed by atoms with van der Waals surface area (Å²) in [6.07, 6.45) is 3.85. The van der Waals surface area contributed by atoms with Crippen molar-refractivity contribution in [3.05, 3.63) is 28.3 Å². The molecule has 0 spiro atoms. The molecule has 1 atom stereocenters. The molecule has 0 aromatic heterocycles. The summed E-state index contributed by atoms with van der Waals surface area (Å²) < 4.78 is 10.7. The van der Waals surface area contributed by atoms with Gasteiger partial charge in [-0.15, -0.1) is 0 Å². The van der Waals surface area contributed by atoms with E-state index in [9.17, 15) is 10.1 Å². The quantitative estimate of drug-likeness (QED) is 0.562. The third-order valence-corrected chi connectivity index (χ3v) is 4.93. The third kappa shape index (κ3) is 3.96. The number of ether oxygens (including phenoxy) is 2. The molecule has 0 aliphatic carbocycles. The maximum absolute atomic E-state index is 11.2. The molecule has 2 heterocycles. The van der Waals surface area contributed by atoms with Gasteiger partial charge in [-0.2, -0.15) is 0 Å². The van der Waals surface area contributed by atoms with Crippen molar-refractivity contribution in [3.8, 4) is 11.5 Å². The van der Waals surface area contributed by atoms with Gasteiger partial charge in [-0.3, -0.25) is 19.9 Å². The van der Waals surface area contributed by atoms with Gasteiger partial charge in [-0.25, -0.2) is 0 Å². The van der Waals surface area contributed by atoms with Crippen molar-refractivity contribution in [2.24, 2.45) is 0 Å². The van der Waals surface area contributed by atoms with Crippen LogP contribution in [0.3, 0.4) is 0 Å². The summed E-state index contributed by atoms with van der Waals surface area (Å²) in [6.45, 7) is 5.87. The largest absolute Gasteiger partial charge is 0.496 e. The highest BCUT2D eigenvalue weighted by Crippen LogP contribution is 2.31. The van der Waals surface area contributed by atoms with Gasteiger partial charge in [0.05, 0.1) is 18.1 Å². The lowest BCUT2D eigenvalue weighted by Crippen LogP contribution is -2.36. The number of hydrogen-bond donors (Lipinski definition) is 0. The lowest BCUT2D eigenvalue weighted by Gasteiger charge is -2.23. The van der Waals surface area contributed by atoms with Crippen LogP contribution < -0.4 is 9.47 Å². The van der Waals surface area contributed by atoms with E-state index in [1.807, 2.05) is 0 Å². The zero-order valence-corrected chi connectivity index (χ0v) is 14.1. The van der Waals surface area contributed by atoms with Crippen molar-refractivity contribution < 1.29 is 14.4 Å². The molecule has 0 bridgehead atoms. The van der Waals surface area contributed by atoms with E-state index in [1.165, 1.54) is 45.5 Å². The molecule has 1 aromatic carbocycles. The molecular weight excluding hydrogens is 310 g/mol. The molecule has 7 heteroatoms. The van der Waals surface area contributed by atoms with Crippen molar-refractivity contribution in [1.82, 2.24) is 9.80 Å². The Morgan fingerprint density at radius 1 is 1.29 bits per heavy atom. The second-order valence-corrected chi connectivity index (χ2v) is 6.43. The molecule has 1 unspecified atom stereocenters. The molecule has 1 aromatic rings. The highest BCUT2D eigenvalue weighted by atomic mass is 16.6. The molecule has 0 saturated carbocycles. The summed E-state index contributed by atoms with van der Waals surface area (Å²) >= 11 is 0. The van der Waals surface area contributed by atoms with Crippen LogP contribution in [0.1, 0.15) is 19.3 Å². The Hall–Kier alpha value is -1.86. The zero-order valence-electron chi connectivity index (χ0n) is 14.1. The van der Waals surface area contributed by atoms with Crippen LogP contribution in [0.2, 0.25) is 0 Å². The first-order valence-corrected chi connectivity index (χ1v) is 8.59. The van der Waals surface area contributed by atoms with Crippen molar-refractivity contribution in [3.63, 3.8) is 0 Å². The fourth-order valence-corrected chi connectivity index (χ4v) is 3.59. The molecule has 2 saturated heterocycles. The number of methoxy groups -OCH3 is 1. The van der Waals surface area contributed by atoms with Crippen LogP contribution >= 0.6 is 0 Å². The summed E-state index contributed by atoms with van der Waals surface area (Å²) in [7, 11) is 1.49. The Morgan fingerprint density at radius 2 is 2.08 bits per heavy atom. The standard InChI is InChI=1S/C17H25N3O4/c1-23-15-4-5-17(16(12-15)20(21)22)24-11-10-18-9-6-14(13-18)19-7-2-3-8-19/h4-5,12,14H,2-3,6-11,13H2,1H3. The number of nitrogens with zero attached hydrogens (tertiary/aromatic N) is 3. The van der Waals surface area contributed by atoms with Crippen molar-refractivity contribution in [2.45, 2.75) is 25.3 Å². The topological polar surface area (TPSA) is 68.1 Å². The molecule has 132 valence electrons.